The van der Waals surface area contributed by atoms with Gasteiger partial charge in [-0.2, -0.15) is 40.2 Å². The molecule has 14 heteroatoms. The van der Waals surface area contributed by atoms with Gasteiger partial charge in [0.15, 0.2) is 5.69 Å². The van der Waals surface area contributed by atoms with Crippen LogP contribution in [0.4, 0.5) is 35.1 Å². The molecule has 0 fully saturated rings. The van der Waals surface area contributed by atoms with Gasteiger partial charge in [0, 0.05) is 11.6 Å². The molecule has 28 heavy (non-hydrogen) atoms. The van der Waals surface area contributed by atoms with Crippen LogP contribution in [0.5, 0.6) is 0 Å². The summed E-state index contributed by atoms with van der Waals surface area (Å²) in [4.78, 5) is 14.6. The lowest BCUT2D eigenvalue weighted by Gasteiger charge is -2.21. The highest BCUT2D eigenvalue weighted by molar-refractivity contribution is 5.99. The predicted molar refractivity (Wildman–Crippen MR) is 77.1 cm³/mol. The van der Waals surface area contributed by atoms with Crippen LogP contribution < -0.4 is 11.3 Å². The number of nitrogens with two attached hydrogens (primary N) is 1. The highest BCUT2D eigenvalue weighted by atomic mass is 19.4. The number of aromatic nitrogens is 3. The molecule has 0 radical (unpaired) electrons. The second kappa shape index (κ2) is 5.98. The smallest absolute Gasteiger partial charge is 0.289 e. The summed E-state index contributed by atoms with van der Waals surface area (Å²) in [6, 6.07) is 1.29. The van der Waals surface area contributed by atoms with E-state index in [1.807, 2.05) is 0 Å². The second-order valence-electron chi connectivity index (χ2n) is 5.54. The van der Waals surface area contributed by atoms with E-state index in [0.29, 0.717) is 0 Å². The Balaban J connectivity index is 2.43. The number of carbonyl (C=O) groups is 1. The molecule has 0 aromatic carbocycles. The van der Waals surface area contributed by atoms with Crippen molar-refractivity contribution in [2.75, 3.05) is 0 Å². The summed E-state index contributed by atoms with van der Waals surface area (Å²) in [5.41, 5.74) is -3.85. The van der Waals surface area contributed by atoms with Crippen LogP contribution in [0.15, 0.2) is 24.4 Å². The van der Waals surface area contributed by atoms with Crippen molar-refractivity contribution in [1.82, 2.24) is 20.0 Å². The Morgan fingerprint density at radius 2 is 1.71 bits per heavy atom. The lowest BCUT2D eigenvalue weighted by Crippen LogP contribution is -2.35. The van der Waals surface area contributed by atoms with E-state index >= 15 is 0 Å². The summed E-state index contributed by atoms with van der Waals surface area (Å²) in [5.74, 6) is -1.70. The molecule has 0 unspecified atom stereocenters. The van der Waals surface area contributed by atoms with Crippen molar-refractivity contribution in [3.8, 4) is 0 Å². The zero-order chi connectivity index (χ0) is 21.1. The lowest BCUT2D eigenvalue weighted by molar-refractivity contribution is -0.291. The molecule has 0 spiro atoms. The van der Waals surface area contributed by atoms with E-state index in [1.54, 1.807) is 5.43 Å². The number of pyridine rings is 2. The first kappa shape index (κ1) is 19.7. The number of carbonyl (C=O) groups excluding carboxylic acids is 1. The van der Waals surface area contributed by atoms with Crippen LogP contribution in [0.3, 0.4) is 0 Å². The molecule has 3 aromatic heterocycles. The number of nitrogens with one attached hydrogen (secondary N) is 1. The topological polar surface area (TPSA) is 85.3 Å². The quantitative estimate of drug-likeness (QED) is 0.293. The molecule has 0 aliphatic rings. The molecule has 150 valence electrons. The Kier molecular flexibility index (Phi) is 4.22. The van der Waals surface area contributed by atoms with Gasteiger partial charge in [-0.1, -0.05) is 0 Å². The van der Waals surface area contributed by atoms with Crippen molar-refractivity contribution in [3.63, 3.8) is 0 Å². The molecule has 0 saturated carbocycles. The van der Waals surface area contributed by atoms with Crippen molar-refractivity contribution in [1.29, 1.82) is 0 Å². The molecular formula is C14H7F8N5O. The first-order valence-electron chi connectivity index (χ1n) is 7.13. The fourth-order valence-corrected chi connectivity index (χ4v) is 2.47. The van der Waals surface area contributed by atoms with Gasteiger partial charge >= 0.3 is 18.3 Å². The number of rotatable bonds is 2. The molecule has 0 atom stereocenters. The van der Waals surface area contributed by atoms with Gasteiger partial charge in [0.05, 0.1) is 16.6 Å². The predicted octanol–water partition coefficient (Wildman–Crippen LogP) is 3.16. The number of nitrogen functional groups attached to an aromatic ring is 1. The number of hydrogen-bond donors (Lipinski definition) is 2. The lowest BCUT2D eigenvalue weighted by atomic mass is 10.0. The summed E-state index contributed by atoms with van der Waals surface area (Å²) >= 11 is 0. The molecule has 0 aliphatic carbocycles. The van der Waals surface area contributed by atoms with Gasteiger partial charge in [-0.15, -0.1) is 0 Å². The van der Waals surface area contributed by atoms with Gasteiger partial charge in [-0.05, 0) is 18.2 Å². The van der Waals surface area contributed by atoms with Gasteiger partial charge in [-0.25, -0.2) is 15.3 Å². The summed E-state index contributed by atoms with van der Waals surface area (Å²) in [5, 5.41) is 2.91. The SMILES string of the molecule is NNC(=O)c1cc2c3nc(C(F)(F)C(F)(F)F)cc(C(F)(F)F)c3ccn2n1. The number of hydrogen-bond acceptors (Lipinski definition) is 4. The Labute approximate surface area is 148 Å². The molecule has 3 heterocycles. The summed E-state index contributed by atoms with van der Waals surface area (Å²) in [6.45, 7) is 0. The minimum atomic E-state index is -6.17. The number of hydrazine groups is 1. The maximum Gasteiger partial charge on any atom is 0.459 e. The van der Waals surface area contributed by atoms with Crippen LogP contribution in [-0.4, -0.2) is 26.7 Å². The standard InChI is InChI=1S/C14H7F8N5O/c15-12(16,14(20,21)22)9-3-6(13(17,18)19)5-1-2-27-8(10(5)24-9)4-7(26-27)11(28)25-23/h1-4H,23H2,(H,25,28). The Morgan fingerprint density at radius 1 is 1.07 bits per heavy atom. The van der Waals surface area contributed by atoms with E-state index < -0.39 is 57.6 Å². The number of alkyl halides is 8. The van der Waals surface area contributed by atoms with Crippen LogP contribution in [0.2, 0.25) is 0 Å². The largest absolute Gasteiger partial charge is 0.459 e. The number of amides is 1. The van der Waals surface area contributed by atoms with Crippen molar-refractivity contribution in [3.05, 3.63) is 41.3 Å². The zero-order valence-electron chi connectivity index (χ0n) is 13.2. The molecular weight excluding hydrogens is 406 g/mol. The fourth-order valence-electron chi connectivity index (χ4n) is 2.47. The highest BCUT2D eigenvalue weighted by Gasteiger charge is 2.60. The average Bonchev–Trinajstić information content (AvgIpc) is 3.02. The minimum Gasteiger partial charge on any atom is -0.289 e. The van der Waals surface area contributed by atoms with Crippen molar-refractivity contribution in [2.24, 2.45) is 5.84 Å². The number of fused-ring (bicyclic) bond motifs is 3. The highest BCUT2D eigenvalue weighted by Crippen LogP contribution is 2.45. The summed E-state index contributed by atoms with van der Waals surface area (Å²) < 4.78 is 106. The van der Waals surface area contributed by atoms with E-state index in [4.69, 9.17) is 5.84 Å². The molecule has 0 aliphatic heterocycles. The average molecular weight is 413 g/mol. The summed E-state index contributed by atoms with van der Waals surface area (Å²) in [6.07, 6.45) is -10.5. The third-order valence-corrected chi connectivity index (χ3v) is 3.77. The van der Waals surface area contributed by atoms with Crippen molar-refractivity contribution < 1.29 is 39.9 Å². The maximum atomic E-state index is 13.7. The Bertz CT molecular complexity index is 1090. The Morgan fingerprint density at radius 3 is 2.25 bits per heavy atom. The van der Waals surface area contributed by atoms with Gasteiger partial charge < -0.3 is 0 Å². The van der Waals surface area contributed by atoms with E-state index in [-0.39, 0.29) is 6.07 Å². The normalized spacial score (nSPS) is 13.3. The van der Waals surface area contributed by atoms with Crippen molar-refractivity contribution in [2.45, 2.75) is 18.3 Å². The van der Waals surface area contributed by atoms with Crippen LogP contribution in [-0.2, 0) is 12.1 Å². The zero-order valence-corrected chi connectivity index (χ0v) is 13.2. The molecule has 3 N–H and O–H groups in total. The van der Waals surface area contributed by atoms with E-state index in [0.717, 1.165) is 22.8 Å². The van der Waals surface area contributed by atoms with E-state index in [1.165, 1.54) is 0 Å². The van der Waals surface area contributed by atoms with E-state index in [2.05, 4.69) is 10.1 Å². The monoisotopic (exact) mass is 413 g/mol. The molecule has 0 bridgehead atoms. The molecule has 1 amide bonds. The Hall–Kier alpha value is -3.03. The van der Waals surface area contributed by atoms with Crippen molar-refractivity contribution >= 4 is 22.3 Å². The van der Waals surface area contributed by atoms with Gasteiger partial charge in [0.25, 0.3) is 5.91 Å². The number of nitrogens with zero attached hydrogens (tertiary/aromatic N) is 3. The van der Waals surface area contributed by atoms with Gasteiger partial charge in [0.2, 0.25) is 0 Å². The molecule has 3 aromatic rings. The second-order valence-corrected chi connectivity index (χ2v) is 5.54. The van der Waals surface area contributed by atoms with Gasteiger partial charge in [-0.3, -0.25) is 10.2 Å². The van der Waals surface area contributed by atoms with Crippen LogP contribution in [0.25, 0.3) is 16.4 Å². The molecule has 0 saturated heterocycles. The molecule has 3 rings (SSSR count). The van der Waals surface area contributed by atoms with Crippen LogP contribution >= 0.6 is 0 Å². The van der Waals surface area contributed by atoms with Crippen LogP contribution in [0.1, 0.15) is 21.7 Å². The number of halogens is 8. The summed E-state index contributed by atoms with van der Waals surface area (Å²) in [7, 11) is 0. The fraction of sp³-hybridized carbons (Fsp3) is 0.214. The first-order chi connectivity index (χ1) is 12.8. The van der Waals surface area contributed by atoms with Crippen LogP contribution in [0, 0.1) is 0 Å². The minimum absolute atomic E-state index is 0.351. The third kappa shape index (κ3) is 2.98. The van der Waals surface area contributed by atoms with Gasteiger partial charge in [0.1, 0.15) is 5.69 Å². The third-order valence-electron chi connectivity index (χ3n) is 3.77. The first-order valence-corrected chi connectivity index (χ1v) is 7.13. The van der Waals surface area contributed by atoms with E-state index in [9.17, 15) is 39.9 Å². The maximum absolute atomic E-state index is 13.7. The molecule has 6 nitrogen and oxygen atoms in total.